The normalized spacial score (nSPS) is 14.1. The molecule has 1 aliphatic heterocycles. The third kappa shape index (κ3) is 3.73. The Balaban J connectivity index is 1.50. The molecule has 0 amide bonds. The minimum Gasteiger partial charge on any atom is -0.456 e. The van der Waals surface area contributed by atoms with Gasteiger partial charge in [0, 0.05) is 22.0 Å². The highest BCUT2D eigenvalue weighted by molar-refractivity contribution is 6.08. The molecule has 2 heteroatoms. The van der Waals surface area contributed by atoms with Crippen LogP contribution in [0.2, 0.25) is 0 Å². The van der Waals surface area contributed by atoms with E-state index in [0.29, 0.717) is 0 Å². The lowest BCUT2D eigenvalue weighted by molar-refractivity contribution is 0.573. The molecule has 8 rings (SSSR count). The van der Waals surface area contributed by atoms with E-state index in [1.165, 1.54) is 39.2 Å². The number of para-hydroxylation sites is 3. The van der Waals surface area contributed by atoms with Crippen LogP contribution in [0.4, 0.5) is 17.1 Å². The van der Waals surface area contributed by atoms with E-state index in [1.807, 2.05) is 6.07 Å². The van der Waals surface area contributed by atoms with Gasteiger partial charge in [-0.15, -0.1) is 0 Å². The summed E-state index contributed by atoms with van der Waals surface area (Å²) in [4.78, 5) is 2.46. The summed E-state index contributed by atoms with van der Waals surface area (Å²) in [7, 11) is 0. The Bertz CT molecular complexity index is 2030. The van der Waals surface area contributed by atoms with Crippen molar-refractivity contribution in [3.63, 3.8) is 0 Å². The molecule has 0 radical (unpaired) electrons. The molecule has 0 saturated heterocycles. The van der Waals surface area contributed by atoms with Gasteiger partial charge in [-0.1, -0.05) is 136 Å². The number of anilines is 3. The third-order valence-corrected chi connectivity index (χ3v) is 9.04. The van der Waals surface area contributed by atoms with E-state index < -0.39 is 5.41 Å². The molecule has 1 aromatic heterocycles. The van der Waals surface area contributed by atoms with Crippen LogP contribution in [0.15, 0.2) is 150 Å². The minimum absolute atomic E-state index is 0.116. The highest BCUT2D eigenvalue weighted by Gasteiger charge is 2.46. The molecule has 0 atom stereocenters. The van der Waals surface area contributed by atoms with Crippen LogP contribution in [0.25, 0.3) is 21.9 Å². The highest BCUT2D eigenvalue weighted by atomic mass is 16.3. The molecule has 0 bridgehead atoms. The summed E-state index contributed by atoms with van der Waals surface area (Å²) in [6.45, 7) is 6.81. The number of hydrogen-bond donors (Lipinski definition) is 0. The van der Waals surface area contributed by atoms with Gasteiger partial charge in [-0.25, -0.2) is 0 Å². The predicted octanol–water partition coefficient (Wildman–Crippen LogP) is 11.0. The fraction of sp³-hybridized carbons (Fsp3) is 0.122. The van der Waals surface area contributed by atoms with E-state index in [9.17, 15) is 0 Å². The average molecular weight is 556 g/mol. The van der Waals surface area contributed by atoms with Crippen molar-refractivity contribution in [1.29, 1.82) is 0 Å². The van der Waals surface area contributed by atoms with Crippen molar-refractivity contribution < 1.29 is 4.42 Å². The molecule has 0 unspecified atom stereocenters. The summed E-state index contributed by atoms with van der Waals surface area (Å²) in [6, 6.07) is 52.9. The molecular weight excluding hydrogens is 522 g/mol. The van der Waals surface area contributed by atoms with Gasteiger partial charge in [0.15, 0.2) is 0 Å². The van der Waals surface area contributed by atoms with Gasteiger partial charge in [-0.2, -0.15) is 0 Å². The second-order valence-electron chi connectivity index (χ2n) is 12.6. The second-order valence-corrected chi connectivity index (χ2v) is 12.6. The molecule has 208 valence electrons. The number of hydrogen-bond acceptors (Lipinski definition) is 2. The fourth-order valence-corrected chi connectivity index (χ4v) is 7.19. The first-order chi connectivity index (χ1) is 21.0. The smallest absolute Gasteiger partial charge is 0.139 e. The molecule has 43 heavy (non-hydrogen) atoms. The predicted molar refractivity (Wildman–Crippen MR) is 179 cm³/mol. The summed E-state index contributed by atoms with van der Waals surface area (Å²) in [6.07, 6.45) is 0. The van der Waals surface area contributed by atoms with Gasteiger partial charge < -0.3 is 9.32 Å². The monoisotopic (exact) mass is 555 g/mol. The van der Waals surface area contributed by atoms with Crippen molar-refractivity contribution >= 4 is 39.0 Å². The zero-order chi connectivity index (χ0) is 29.2. The van der Waals surface area contributed by atoms with Crippen molar-refractivity contribution in [3.05, 3.63) is 173 Å². The van der Waals surface area contributed by atoms with E-state index >= 15 is 0 Å². The van der Waals surface area contributed by atoms with Crippen LogP contribution in [0.5, 0.6) is 0 Å². The molecule has 0 saturated carbocycles. The summed E-state index contributed by atoms with van der Waals surface area (Å²) in [5, 5.41) is 2.29. The van der Waals surface area contributed by atoms with Gasteiger partial charge in [0.1, 0.15) is 11.2 Å². The summed E-state index contributed by atoms with van der Waals surface area (Å²) >= 11 is 0. The summed E-state index contributed by atoms with van der Waals surface area (Å²) in [5.74, 6) is 0. The first-order valence-corrected chi connectivity index (χ1v) is 15.0. The Kier molecular flexibility index (Phi) is 5.64. The Labute approximate surface area is 252 Å². The van der Waals surface area contributed by atoms with Gasteiger partial charge in [0.05, 0.1) is 16.8 Å². The first-order valence-electron chi connectivity index (χ1n) is 15.0. The molecule has 7 aromatic rings. The maximum atomic E-state index is 6.52. The zero-order valence-electron chi connectivity index (χ0n) is 24.7. The second kappa shape index (κ2) is 9.47. The number of nitrogens with zero attached hydrogens (tertiary/aromatic N) is 1. The molecule has 2 heterocycles. The largest absolute Gasteiger partial charge is 0.456 e. The number of furan rings is 1. The van der Waals surface area contributed by atoms with Crippen LogP contribution in [0.3, 0.4) is 0 Å². The molecule has 0 spiro atoms. The van der Waals surface area contributed by atoms with Crippen molar-refractivity contribution in [3.8, 4) is 0 Å². The Morgan fingerprint density at radius 1 is 0.535 bits per heavy atom. The summed E-state index contributed by atoms with van der Waals surface area (Å²) < 4.78 is 6.52. The lowest BCUT2D eigenvalue weighted by Gasteiger charge is -2.46. The minimum atomic E-state index is -0.481. The van der Waals surface area contributed by atoms with Crippen LogP contribution in [-0.4, -0.2) is 0 Å². The SMILES string of the molecule is CC(C)(C)c1cc(N2c3ccccc3C(c3ccccc3)(c3ccccc3)c3ccccc32)cc2c1oc1ccccc12. The van der Waals surface area contributed by atoms with Crippen LogP contribution < -0.4 is 4.90 Å². The number of benzene rings is 6. The third-order valence-electron chi connectivity index (χ3n) is 9.04. The van der Waals surface area contributed by atoms with Crippen molar-refractivity contribution in [2.75, 3.05) is 4.90 Å². The van der Waals surface area contributed by atoms with E-state index in [4.69, 9.17) is 4.42 Å². The maximum absolute atomic E-state index is 6.52. The Morgan fingerprint density at radius 2 is 1.05 bits per heavy atom. The molecular formula is C41H33NO. The fourth-order valence-electron chi connectivity index (χ4n) is 7.19. The molecule has 1 aliphatic rings. The standard InChI is InChI=1S/C41H33NO/c1-40(2,3)35-27-30(26-32-31-20-10-15-25-38(31)43-39(32)35)42-36-23-13-11-21-33(36)41(28-16-6-4-7-17-28,29-18-8-5-9-19-29)34-22-12-14-24-37(34)42/h4-27H,1-3H3. The van der Waals surface area contributed by atoms with Gasteiger partial charge in [0.25, 0.3) is 0 Å². The number of fused-ring (bicyclic) bond motifs is 5. The van der Waals surface area contributed by atoms with Gasteiger partial charge in [0.2, 0.25) is 0 Å². The Morgan fingerprint density at radius 3 is 1.63 bits per heavy atom. The van der Waals surface area contributed by atoms with Crippen LogP contribution >= 0.6 is 0 Å². The zero-order valence-corrected chi connectivity index (χ0v) is 24.7. The van der Waals surface area contributed by atoms with Crippen molar-refractivity contribution in [1.82, 2.24) is 0 Å². The lowest BCUT2D eigenvalue weighted by Crippen LogP contribution is -2.37. The molecule has 2 nitrogen and oxygen atoms in total. The molecule has 0 N–H and O–H groups in total. The van der Waals surface area contributed by atoms with Crippen LogP contribution in [0.1, 0.15) is 48.6 Å². The van der Waals surface area contributed by atoms with E-state index in [0.717, 1.165) is 27.6 Å². The number of rotatable bonds is 3. The molecule has 6 aromatic carbocycles. The quantitative estimate of drug-likeness (QED) is 0.216. The molecule has 0 fully saturated rings. The Hall–Kier alpha value is -5.08. The van der Waals surface area contributed by atoms with Crippen molar-refractivity contribution in [2.24, 2.45) is 0 Å². The topological polar surface area (TPSA) is 16.4 Å². The van der Waals surface area contributed by atoms with Gasteiger partial charge in [-0.3, -0.25) is 0 Å². The maximum Gasteiger partial charge on any atom is 0.139 e. The van der Waals surface area contributed by atoms with E-state index in [1.54, 1.807) is 0 Å². The van der Waals surface area contributed by atoms with Crippen molar-refractivity contribution in [2.45, 2.75) is 31.6 Å². The average Bonchev–Trinajstić information content (AvgIpc) is 3.42. The summed E-state index contributed by atoms with van der Waals surface area (Å²) in [5.41, 5.74) is 11.0. The first kappa shape index (κ1) is 25.6. The van der Waals surface area contributed by atoms with E-state index in [2.05, 4.69) is 165 Å². The van der Waals surface area contributed by atoms with E-state index in [-0.39, 0.29) is 5.41 Å². The molecule has 0 aliphatic carbocycles. The van der Waals surface area contributed by atoms with Crippen LogP contribution in [-0.2, 0) is 10.8 Å². The lowest BCUT2D eigenvalue weighted by atomic mass is 9.62. The van der Waals surface area contributed by atoms with Gasteiger partial charge >= 0.3 is 0 Å². The highest BCUT2D eigenvalue weighted by Crippen LogP contribution is 2.58. The van der Waals surface area contributed by atoms with Gasteiger partial charge in [-0.05, 0) is 58.0 Å². The van der Waals surface area contributed by atoms with Crippen LogP contribution in [0, 0.1) is 0 Å².